The Balaban J connectivity index is 2.10. The van der Waals surface area contributed by atoms with E-state index >= 15 is 0 Å². The van der Waals surface area contributed by atoms with Crippen LogP contribution in [0.1, 0.15) is 66.7 Å². The number of likely N-dealkylation sites (tertiary alicyclic amines) is 1. The molecule has 1 fully saturated rings. The first-order valence-electron chi connectivity index (χ1n) is 8.71. The van der Waals surface area contributed by atoms with Crippen molar-refractivity contribution in [2.75, 3.05) is 7.05 Å². The molecule has 0 aromatic rings. The molecule has 0 aliphatic carbocycles. The molecule has 0 spiro atoms. The second-order valence-electron chi connectivity index (χ2n) is 8.07. The molecular formula is C17H32ClN5. The third kappa shape index (κ3) is 4.25. The van der Waals surface area contributed by atoms with E-state index in [9.17, 15) is 0 Å². The number of aliphatic imine (C=N–C) groups is 2. The van der Waals surface area contributed by atoms with E-state index in [1.165, 1.54) is 0 Å². The first kappa shape index (κ1) is 18.7. The summed E-state index contributed by atoms with van der Waals surface area (Å²) >= 11 is 6.36. The Morgan fingerprint density at radius 3 is 2.43 bits per heavy atom. The number of hydrogen-bond donors (Lipinski definition) is 1. The zero-order chi connectivity index (χ0) is 17.3. The Morgan fingerprint density at radius 1 is 1.26 bits per heavy atom. The van der Waals surface area contributed by atoms with Crippen molar-refractivity contribution in [1.82, 2.24) is 15.3 Å². The van der Waals surface area contributed by atoms with Crippen LogP contribution in [0.15, 0.2) is 9.98 Å². The van der Waals surface area contributed by atoms with E-state index in [1.54, 1.807) is 6.34 Å². The van der Waals surface area contributed by atoms with Crippen molar-refractivity contribution in [3.05, 3.63) is 0 Å². The van der Waals surface area contributed by atoms with Crippen LogP contribution in [-0.2, 0) is 0 Å². The third-order valence-corrected chi connectivity index (χ3v) is 5.62. The Kier molecular flexibility index (Phi) is 5.75. The van der Waals surface area contributed by atoms with E-state index in [0.717, 1.165) is 32.1 Å². The molecule has 2 heterocycles. The summed E-state index contributed by atoms with van der Waals surface area (Å²) in [6.45, 7) is 11.4. The highest BCUT2D eigenvalue weighted by Gasteiger charge is 2.44. The van der Waals surface area contributed by atoms with Crippen LogP contribution >= 0.6 is 11.6 Å². The van der Waals surface area contributed by atoms with Crippen LogP contribution in [0.4, 0.5) is 0 Å². The van der Waals surface area contributed by atoms with Crippen molar-refractivity contribution in [2.45, 2.75) is 90.0 Å². The van der Waals surface area contributed by atoms with Gasteiger partial charge >= 0.3 is 0 Å². The Labute approximate surface area is 146 Å². The second-order valence-corrected chi connectivity index (χ2v) is 8.41. The van der Waals surface area contributed by atoms with E-state index in [0.29, 0.717) is 11.3 Å². The normalized spacial score (nSPS) is 28.0. The van der Waals surface area contributed by atoms with Gasteiger partial charge in [-0.15, -0.1) is 0 Å². The van der Waals surface area contributed by atoms with Gasteiger partial charge in [0, 0.05) is 17.1 Å². The Morgan fingerprint density at radius 2 is 1.87 bits per heavy atom. The van der Waals surface area contributed by atoms with Crippen molar-refractivity contribution < 1.29 is 0 Å². The molecule has 0 radical (unpaired) electrons. The van der Waals surface area contributed by atoms with Gasteiger partial charge in [0.05, 0.1) is 0 Å². The molecule has 0 bridgehead atoms. The molecule has 1 saturated heterocycles. The van der Waals surface area contributed by atoms with Crippen molar-refractivity contribution in [3.8, 4) is 0 Å². The number of halogens is 1. The lowest BCUT2D eigenvalue weighted by molar-refractivity contribution is -0.0306. The summed E-state index contributed by atoms with van der Waals surface area (Å²) in [5.41, 5.74) is 3.91. The topological polar surface area (TPSA) is 43.2 Å². The highest BCUT2D eigenvalue weighted by Crippen LogP contribution is 2.37. The number of hydrazine groups is 1. The molecule has 23 heavy (non-hydrogen) atoms. The predicted octanol–water partition coefficient (Wildman–Crippen LogP) is 3.60. The lowest BCUT2D eigenvalue weighted by Crippen LogP contribution is -2.65. The number of piperidine rings is 1. The van der Waals surface area contributed by atoms with Crippen molar-refractivity contribution in [1.29, 1.82) is 0 Å². The molecule has 1 N–H and O–H groups in total. The first-order valence-corrected chi connectivity index (χ1v) is 9.09. The highest BCUT2D eigenvalue weighted by atomic mass is 35.5. The van der Waals surface area contributed by atoms with Gasteiger partial charge in [0.1, 0.15) is 12.5 Å². The number of rotatable bonds is 5. The van der Waals surface area contributed by atoms with Gasteiger partial charge in [-0.25, -0.2) is 15.4 Å². The van der Waals surface area contributed by atoms with Crippen molar-refractivity contribution >= 4 is 23.2 Å². The van der Waals surface area contributed by atoms with Gasteiger partial charge in [0.15, 0.2) is 0 Å². The molecule has 1 unspecified atom stereocenters. The molecule has 0 aromatic carbocycles. The number of unbranched alkanes of at least 4 members (excludes halogenated alkanes) is 1. The van der Waals surface area contributed by atoms with Crippen LogP contribution in [-0.4, -0.2) is 51.9 Å². The van der Waals surface area contributed by atoms with Crippen LogP contribution < -0.4 is 5.43 Å². The molecule has 2 rings (SSSR count). The summed E-state index contributed by atoms with van der Waals surface area (Å²) in [5.74, 6) is 0. The molecule has 2 aliphatic heterocycles. The monoisotopic (exact) mass is 341 g/mol. The van der Waals surface area contributed by atoms with Crippen molar-refractivity contribution in [2.24, 2.45) is 9.98 Å². The molecule has 0 aromatic heterocycles. The average Bonchev–Trinajstić information content (AvgIpc) is 2.45. The molecule has 132 valence electrons. The summed E-state index contributed by atoms with van der Waals surface area (Å²) < 4.78 is 0. The van der Waals surface area contributed by atoms with Gasteiger partial charge in [-0.05, 0) is 72.0 Å². The van der Waals surface area contributed by atoms with E-state index < -0.39 is 0 Å². The quantitative estimate of drug-likeness (QED) is 0.777. The second kappa shape index (κ2) is 7.08. The van der Waals surface area contributed by atoms with E-state index in [1.807, 2.05) is 5.01 Å². The van der Waals surface area contributed by atoms with Gasteiger partial charge in [0.2, 0.25) is 5.29 Å². The molecule has 5 nitrogen and oxygen atoms in total. The summed E-state index contributed by atoms with van der Waals surface area (Å²) in [6, 6.07) is 0.359. The Hall–Kier alpha value is -0.650. The fourth-order valence-electron chi connectivity index (χ4n) is 3.80. The predicted molar refractivity (Wildman–Crippen MR) is 99.0 cm³/mol. The molecule has 1 atom stereocenters. The summed E-state index contributed by atoms with van der Waals surface area (Å²) in [6.07, 6.45) is 7.05. The van der Waals surface area contributed by atoms with E-state index in [2.05, 4.69) is 62.0 Å². The van der Waals surface area contributed by atoms with E-state index in [-0.39, 0.29) is 17.2 Å². The van der Waals surface area contributed by atoms with Crippen LogP contribution in [0.25, 0.3) is 0 Å². The third-order valence-electron chi connectivity index (χ3n) is 5.35. The number of hydrogen-bond acceptors (Lipinski definition) is 5. The number of nitrogens with one attached hydrogen (secondary N) is 1. The lowest BCUT2D eigenvalue weighted by Gasteiger charge is -2.54. The molecule has 6 heteroatoms. The fraction of sp³-hybridized carbons (Fsp3) is 0.882. The smallest absolute Gasteiger partial charge is 0.216 e. The Bertz CT molecular complexity index is 454. The summed E-state index contributed by atoms with van der Waals surface area (Å²) in [5, 5.41) is 2.47. The van der Waals surface area contributed by atoms with Gasteiger partial charge in [-0.3, -0.25) is 9.91 Å². The standard InChI is InChI=1S/C17H32ClN5/c1-7-8-9-14-19-12-20-15(18)23(14)21-13-10-16(2,3)22(6)17(4,5)11-13/h12-14,21H,7-11H2,1-6H3. The minimum Gasteiger partial charge on any atom is -0.296 e. The largest absolute Gasteiger partial charge is 0.296 e. The summed E-state index contributed by atoms with van der Waals surface area (Å²) in [4.78, 5) is 11.2. The van der Waals surface area contributed by atoms with Gasteiger partial charge in [-0.2, -0.15) is 0 Å². The maximum absolute atomic E-state index is 6.36. The summed E-state index contributed by atoms with van der Waals surface area (Å²) in [7, 11) is 2.22. The highest BCUT2D eigenvalue weighted by molar-refractivity contribution is 6.65. The van der Waals surface area contributed by atoms with Crippen LogP contribution in [0.5, 0.6) is 0 Å². The van der Waals surface area contributed by atoms with Gasteiger partial charge in [-0.1, -0.05) is 13.3 Å². The molecule has 0 amide bonds. The maximum Gasteiger partial charge on any atom is 0.216 e. The molecule has 2 aliphatic rings. The SMILES string of the molecule is CCCCC1N=CN=C(Cl)N1NC1CC(C)(C)N(C)C(C)(C)C1. The molecule has 0 saturated carbocycles. The van der Waals surface area contributed by atoms with Crippen LogP contribution in [0.2, 0.25) is 0 Å². The van der Waals surface area contributed by atoms with Crippen LogP contribution in [0.3, 0.4) is 0 Å². The fourth-order valence-corrected chi connectivity index (χ4v) is 4.00. The minimum atomic E-state index is 0.0471. The van der Waals surface area contributed by atoms with Crippen LogP contribution in [0, 0.1) is 0 Å². The lowest BCUT2D eigenvalue weighted by atomic mass is 9.78. The number of amidine groups is 1. The average molecular weight is 342 g/mol. The maximum atomic E-state index is 6.36. The van der Waals surface area contributed by atoms with Crippen molar-refractivity contribution in [3.63, 3.8) is 0 Å². The zero-order valence-corrected chi connectivity index (χ0v) is 16.2. The minimum absolute atomic E-state index is 0.0471. The van der Waals surface area contributed by atoms with E-state index in [4.69, 9.17) is 11.6 Å². The van der Waals surface area contributed by atoms with Gasteiger partial charge < -0.3 is 0 Å². The zero-order valence-electron chi connectivity index (χ0n) is 15.4. The first-order chi connectivity index (χ1) is 10.7. The van der Waals surface area contributed by atoms with Gasteiger partial charge in [0.25, 0.3) is 0 Å². The molecular weight excluding hydrogens is 310 g/mol. The number of nitrogens with zero attached hydrogens (tertiary/aromatic N) is 4.